The molecule has 2 aromatic heterocycles. The Morgan fingerprint density at radius 3 is 2.65 bits per heavy atom. The summed E-state index contributed by atoms with van der Waals surface area (Å²) >= 11 is 6.02. The van der Waals surface area contributed by atoms with Crippen LogP contribution in [0, 0.1) is 13.8 Å². The Morgan fingerprint density at radius 1 is 1.17 bits per heavy atom. The summed E-state index contributed by atoms with van der Waals surface area (Å²) in [5.74, 6) is -0.440. The molecule has 0 aliphatic heterocycles. The lowest BCUT2D eigenvalue weighted by Crippen LogP contribution is -2.25. The van der Waals surface area contributed by atoms with Crippen LogP contribution in [0.4, 0.5) is 5.69 Å². The fraction of sp³-hybridized carbons (Fsp3) is 0.118. The monoisotopic (exact) mass is 327 g/mol. The Hall–Kier alpha value is -2.66. The second-order valence-corrected chi connectivity index (χ2v) is 5.60. The summed E-state index contributed by atoms with van der Waals surface area (Å²) in [6.45, 7) is 3.57. The van der Waals surface area contributed by atoms with Gasteiger partial charge in [-0.05, 0) is 37.6 Å². The molecule has 3 aromatic rings. The van der Waals surface area contributed by atoms with Gasteiger partial charge in [-0.1, -0.05) is 29.8 Å². The number of carbonyl (C=O) groups is 1. The van der Waals surface area contributed by atoms with Crippen molar-refractivity contribution in [1.29, 1.82) is 0 Å². The van der Waals surface area contributed by atoms with Gasteiger partial charge < -0.3 is 5.32 Å². The highest BCUT2D eigenvalue weighted by Gasteiger charge is 2.16. The number of benzene rings is 1. The highest BCUT2D eigenvalue weighted by Crippen LogP contribution is 2.17. The van der Waals surface area contributed by atoms with Crippen LogP contribution in [-0.2, 0) is 0 Å². The summed E-state index contributed by atoms with van der Waals surface area (Å²) in [4.78, 5) is 29.4. The van der Waals surface area contributed by atoms with E-state index in [1.54, 1.807) is 43.5 Å². The second-order valence-electron chi connectivity index (χ2n) is 5.20. The van der Waals surface area contributed by atoms with Crippen LogP contribution in [0.15, 0.2) is 47.4 Å². The summed E-state index contributed by atoms with van der Waals surface area (Å²) in [5.41, 5.74) is 2.06. The third-order valence-corrected chi connectivity index (χ3v) is 3.92. The quantitative estimate of drug-likeness (QED) is 0.786. The van der Waals surface area contributed by atoms with E-state index in [1.807, 2.05) is 13.0 Å². The molecule has 5 nitrogen and oxygen atoms in total. The Balaban J connectivity index is 2.09. The minimum Gasteiger partial charge on any atom is -0.316 e. The van der Waals surface area contributed by atoms with Crippen molar-refractivity contribution in [2.45, 2.75) is 13.8 Å². The lowest BCUT2D eigenvalue weighted by atomic mass is 10.2. The molecule has 0 atom stereocenters. The average Bonchev–Trinajstić information content (AvgIpc) is 2.53. The van der Waals surface area contributed by atoms with Gasteiger partial charge in [0.25, 0.3) is 11.5 Å². The van der Waals surface area contributed by atoms with Crippen molar-refractivity contribution in [1.82, 2.24) is 9.38 Å². The number of halogens is 1. The number of anilines is 1. The first-order valence-electron chi connectivity index (χ1n) is 7.03. The van der Waals surface area contributed by atoms with Gasteiger partial charge in [-0.15, -0.1) is 0 Å². The molecule has 6 heteroatoms. The first-order valence-corrected chi connectivity index (χ1v) is 7.41. The summed E-state index contributed by atoms with van der Waals surface area (Å²) in [6.07, 6.45) is 1.63. The predicted molar refractivity (Wildman–Crippen MR) is 90.3 cm³/mol. The van der Waals surface area contributed by atoms with E-state index in [-0.39, 0.29) is 11.2 Å². The molecule has 0 saturated heterocycles. The SMILES string of the molecule is Cc1nc2c(C)cccn2c(=O)c1NC(=O)c1ccccc1Cl. The fourth-order valence-corrected chi connectivity index (χ4v) is 2.60. The fourth-order valence-electron chi connectivity index (χ4n) is 2.37. The zero-order valence-electron chi connectivity index (χ0n) is 12.6. The van der Waals surface area contributed by atoms with Gasteiger partial charge >= 0.3 is 0 Å². The van der Waals surface area contributed by atoms with Crippen LogP contribution in [0.5, 0.6) is 0 Å². The second kappa shape index (κ2) is 5.85. The standard InChI is InChI=1S/C17H14ClN3O2/c1-10-6-5-9-21-15(10)19-11(2)14(17(21)23)20-16(22)12-7-3-4-8-13(12)18/h3-9H,1-2H3,(H,20,22). The molecule has 116 valence electrons. The van der Waals surface area contributed by atoms with E-state index in [0.717, 1.165) is 5.56 Å². The molecular weight excluding hydrogens is 314 g/mol. The zero-order valence-corrected chi connectivity index (χ0v) is 13.4. The number of hydrogen-bond donors (Lipinski definition) is 1. The molecule has 0 aliphatic rings. The molecule has 3 rings (SSSR count). The van der Waals surface area contributed by atoms with Gasteiger partial charge in [0.2, 0.25) is 0 Å². The van der Waals surface area contributed by atoms with Crippen LogP contribution in [0.2, 0.25) is 5.02 Å². The molecule has 1 aromatic carbocycles. The Morgan fingerprint density at radius 2 is 1.91 bits per heavy atom. The van der Waals surface area contributed by atoms with Crippen molar-refractivity contribution in [2.24, 2.45) is 0 Å². The van der Waals surface area contributed by atoms with E-state index in [4.69, 9.17) is 11.6 Å². The Labute approximate surface area is 137 Å². The third kappa shape index (κ3) is 2.71. The predicted octanol–water partition coefficient (Wildman–Crippen LogP) is 3.22. The molecule has 2 heterocycles. The van der Waals surface area contributed by atoms with Gasteiger partial charge in [-0.3, -0.25) is 14.0 Å². The van der Waals surface area contributed by atoms with Crippen molar-refractivity contribution in [2.75, 3.05) is 5.32 Å². The first kappa shape index (κ1) is 15.2. The summed E-state index contributed by atoms with van der Waals surface area (Å²) in [7, 11) is 0. The molecule has 0 aliphatic carbocycles. The van der Waals surface area contributed by atoms with Crippen molar-refractivity contribution in [3.05, 3.63) is 74.8 Å². The molecule has 1 amide bonds. The van der Waals surface area contributed by atoms with Crippen LogP contribution in [0.3, 0.4) is 0 Å². The Bertz CT molecular complexity index is 979. The van der Waals surface area contributed by atoms with Gasteiger partial charge in [-0.25, -0.2) is 4.98 Å². The van der Waals surface area contributed by atoms with E-state index in [1.165, 1.54) is 4.40 Å². The van der Waals surface area contributed by atoms with E-state index in [0.29, 0.717) is 21.9 Å². The number of rotatable bonds is 2. The maximum Gasteiger partial charge on any atom is 0.281 e. The van der Waals surface area contributed by atoms with Gasteiger partial charge in [-0.2, -0.15) is 0 Å². The molecule has 0 radical (unpaired) electrons. The smallest absolute Gasteiger partial charge is 0.281 e. The summed E-state index contributed by atoms with van der Waals surface area (Å²) in [5, 5.41) is 2.95. The van der Waals surface area contributed by atoms with Crippen molar-refractivity contribution < 1.29 is 4.79 Å². The molecular formula is C17H14ClN3O2. The zero-order chi connectivity index (χ0) is 16.6. The van der Waals surface area contributed by atoms with Crippen LogP contribution in [0.25, 0.3) is 5.65 Å². The van der Waals surface area contributed by atoms with Crippen LogP contribution >= 0.6 is 11.6 Å². The third-order valence-electron chi connectivity index (χ3n) is 3.59. The van der Waals surface area contributed by atoms with E-state index in [2.05, 4.69) is 10.3 Å². The first-order chi connectivity index (χ1) is 11.0. The number of fused-ring (bicyclic) bond motifs is 1. The van der Waals surface area contributed by atoms with Crippen molar-refractivity contribution in [3.63, 3.8) is 0 Å². The largest absolute Gasteiger partial charge is 0.316 e. The van der Waals surface area contributed by atoms with E-state index < -0.39 is 5.91 Å². The van der Waals surface area contributed by atoms with Crippen molar-refractivity contribution in [3.8, 4) is 0 Å². The molecule has 1 N–H and O–H groups in total. The maximum absolute atomic E-state index is 12.6. The number of aryl methyl sites for hydroxylation is 2. The van der Waals surface area contributed by atoms with Gasteiger partial charge in [0.05, 0.1) is 16.3 Å². The topological polar surface area (TPSA) is 63.5 Å². The van der Waals surface area contributed by atoms with Crippen LogP contribution in [-0.4, -0.2) is 15.3 Å². The number of hydrogen-bond acceptors (Lipinski definition) is 3. The molecule has 0 bridgehead atoms. The Kier molecular flexibility index (Phi) is 3.88. The van der Waals surface area contributed by atoms with Crippen molar-refractivity contribution >= 4 is 28.8 Å². The lowest BCUT2D eigenvalue weighted by molar-refractivity contribution is 0.102. The maximum atomic E-state index is 12.6. The lowest BCUT2D eigenvalue weighted by Gasteiger charge is -2.11. The molecule has 0 spiro atoms. The average molecular weight is 328 g/mol. The number of nitrogens with one attached hydrogen (secondary N) is 1. The molecule has 23 heavy (non-hydrogen) atoms. The number of carbonyl (C=O) groups excluding carboxylic acids is 1. The summed E-state index contributed by atoms with van der Waals surface area (Å²) < 4.78 is 1.42. The highest BCUT2D eigenvalue weighted by atomic mass is 35.5. The number of aromatic nitrogens is 2. The minimum atomic E-state index is -0.440. The molecule has 0 saturated carbocycles. The highest BCUT2D eigenvalue weighted by molar-refractivity contribution is 6.34. The van der Waals surface area contributed by atoms with E-state index in [9.17, 15) is 9.59 Å². The summed E-state index contributed by atoms with van der Waals surface area (Å²) in [6, 6.07) is 10.3. The van der Waals surface area contributed by atoms with Gasteiger partial charge in [0, 0.05) is 6.20 Å². The van der Waals surface area contributed by atoms with Gasteiger partial charge in [0.1, 0.15) is 11.3 Å². The molecule has 0 fully saturated rings. The number of nitrogens with zero attached hydrogens (tertiary/aromatic N) is 2. The number of amides is 1. The minimum absolute atomic E-state index is 0.151. The van der Waals surface area contributed by atoms with Crippen LogP contribution < -0.4 is 10.9 Å². The molecule has 0 unspecified atom stereocenters. The van der Waals surface area contributed by atoms with Gasteiger partial charge in [0.15, 0.2) is 0 Å². The van der Waals surface area contributed by atoms with E-state index >= 15 is 0 Å². The van der Waals surface area contributed by atoms with Crippen LogP contribution in [0.1, 0.15) is 21.6 Å². The normalized spacial score (nSPS) is 10.7. The number of pyridine rings is 1.